The molecule has 2 rings (SSSR count). The van der Waals surface area contributed by atoms with Gasteiger partial charge >= 0.3 is 5.97 Å². The van der Waals surface area contributed by atoms with E-state index in [4.69, 9.17) is 5.73 Å². The first-order chi connectivity index (χ1) is 13.2. The number of rotatable bonds is 4. The van der Waals surface area contributed by atoms with Gasteiger partial charge in [0.05, 0.1) is 5.57 Å². The summed E-state index contributed by atoms with van der Waals surface area (Å²) in [6.07, 6.45) is 0. The molecule has 0 heterocycles. The summed E-state index contributed by atoms with van der Waals surface area (Å²) in [4.78, 5) is 11.9. The second kappa shape index (κ2) is 7.68. The summed E-state index contributed by atoms with van der Waals surface area (Å²) in [6, 6.07) is 7.69. The molecule has 0 radical (unpaired) electrons. The second-order valence-corrected chi connectivity index (χ2v) is 9.76. The highest BCUT2D eigenvalue weighted by Crippen LogP contribution is 2.44. The Balaban J connectivity index is 3.05. The fraction of sp³-hybridized carbons (Fsp3) is 0.400. The lowest BCUT2D eigenvalue weighted by Gasteiger charge is -2.28. The fourth-order valence-corrected chi connectivity index (χ4v) is 3.61. The maximum Gasteiger partial charge on any atom is 0.335 e. The van der Waals surface area contributed by atoms with Crippen LogP contribution in [0.2, 0.25) is 0 Å². The minimum atomic E-state index is -1.08. The number of carboxylic acids is 1. The second-order valence-electron chi connectivity index (χ2n) is 9.76. The molecule has 0 spiro atoms. The van der Waals surface area contributed by atoms with Gasteiger partial charge in [-0.1, -0.05) is 60.3 Å². The normalized spacial score (nSPS) is 12.1. The van der Waals surface area contributed by atoms with Crippen LogP contribution < -0.4 is 5.73 Å². The summed E-state index contributed by atoms with van der Waals surface area (Å²) in [7, 11) is 0. The van der Waals surface area contributed by atoms with Gasteiger partial charge in [0.25, 0.3) is 0 Å². The lowest BCUT2D eigenvalue weighted by atomic mass is 9.76. The first-order valence-corrected chi connectivity index (χ1v) is 9.83. The van der Waals surface area contributed by atoms with Crippen molar-refractivity contribution in [1.29, 1.82) is 0 Å². The highest BCUT2D eigenvalue weighted by atomic mass is 16.4. The fourth-order valence-electron chi connectivity index (χ4n) is 3.61. The van der Waals surface area contributed by atoms with Crippen molar-refractivity contribution in [3.05, 3.63) is 58.7 Å². The number of benzene rings is 2. The molecule has 0 aliphatic heterocycles. The molecule has 156 valence electrons. The predicted molar refractivity (Wildman–Crippen MR) is 120 cm³/mol. The van der Waals surface area contributed by atoms with Gasteiger partial charge < -0.3 is 15.9 Å². The molecule has 29 heavy (non-hydrogen) atoms. The monoisotopic (exact) mass is 395 g/mol. The van der Waals surface area contributed by atoms with Gasteiger partial charge in [-0.15, -0.1) is 0 Å². The molecule has 0 aliphatic rings. The predicted octanol–water partition coefficient (Wildman–Crippen LogP) is 5.52. The molecular weight excluding hydrogens is 362 g/mol. The van der Waals surface area contributed by atoms with E-state index in [0.717, 1.165) is 22.3 Å². The highest BCUT2D eigenvalue weighted by molar-refractivity contribution is 6.17. The lowest BCUT2D eigenvalue weighted by Crippen LogP contribution is -2.18. The van der Waals surface area contributed by atoms with Gasteiger partial charge in [0.2, 0.25) is 0 Å². The molecule has 4 nitrogen and oxygen atoms in total. The van der Waals surface area contributed by atoms with E-state index < -0.39 is 5.97 Å². The topological polar surface area (TPSA) is 83.5 Å². The largest absolute Gasteiger partial charge is 0.507 e. The van der Waals surface area contributed by atoms with Gasteiger partial charge in [-0.3, -0.25) is 0 Å². The quantitative estimate of drug-likeness (QED) is 0.595. The van der Waals surface area contributed by atoms with Gasteiger partial charge in [-0.2, -0.15) is 0 Å². The molecule has 0 unspecified atom stereocenters. The Morgan fingerprint density at radius 2 is 1.52 bits per heavy atom. The zero-order chi connectivity index (χ0) is 22.3. The maximum atomic E-state index is 11.9. The molecule has 2 aromatic carbocycles. The number of nitrogens with two attached hydrogens (primary N) is 1. The Morgan fingerprint density at radius 3 is 1.97 bits per heavy atom. The molecule has 0 aliphatic carbocycles. The molecule has 4 heteroatoms. The van der Waals surface area contributed by atoms with Crippen molar-refractivity contribution in [2.75, 3.05) is 0 Å². The van der Waals surface area contributed by atoms with Gasteiger partial charge in [0, 0.05) is 23.2 Å². The molecule has 4 N–H and O–H groups in total. The Labute approximate surface area is 174 Å². The van der Waals surface area contributed by atoms with E-state index in [1.54, 1.807) is 0 Å². The maximum absolute atomic E-state index is 11.9. The Morgan fingerprint density at radius 1 is 0.966 bits per heavy atom. The van der Waals surface area contributed by atoms with Crippen molar-refractivity contribution in [2.24, 2.45) is 5.73 Å². The summed E-state index contributed by atoms with van der Waals surface area (Å²) < 4.78 is 0. The summed E-state index contributed by atoms with van der Waals surface area (Å²) in [6.45, 7) is 18.4. The Kier molecular flexibility index (Phi) is 6.01. The van der Waals surface area contributed by atoms with Crippen LogP contribution in [0.4, 0.5) is 0 Å². The average molecular weight is 396 g/mol. The third-order valence-electron chi connectivity index (χ3n) is 5.15. The van der Waals surface area contributed by atoms with Gasteiger partial charge in [0.1, 0.15) is 5.75 Å². The molecule has 0 fully saturated rings. The third-order valence-corrected chi connectivity index (χ3v) is 5.15. The van der Waals surface area contributed by atoms with Crippen molar-refractivity contribution in [2.45, 2.75) is 65.8 Å². The van der Waals surface area contributed by atoms with E-state index in [1.165, 1.54) is 0 Å². The van der Waals surface area contributed by atoms with Crippen molar-refractivity contribution in [3.63, 3.8) is 0 Å². The number of aryl methyl sites for hydroxylation is 1. The van der Waals surface area contributed by atoms with Crippen molar-refractivity contribution in [3.8, 4) is 16.9 Å². The zero-order valence-electron chi connectivity index (χ0n) is 18.6. The number of hydrogen-bond acceptors (Lipinski definition) is 3. The summed E-state index contributed by atoms with van der Waals surface area (Å²) in [5, 5.41) is 20.9. The lowest BCUT2D eigenvalue weighted by molar-refractivity contribution is -0.130. The van der Waals surface area contributed by atoms with Crippen LogP contribution in [0.5, 0.6) is 5.75 Å². The molecule has 0 saturated heterocycles. The standard InChI is InChI=1S/C25H33NO3/c1-14-9-18(22(27)20(10-14)25(6,7)8)17-11-16(13-26)12-19(24(3,4)5)21(17)15(2)23(28)29/h9-12,27H,2,13,26H2,1,3-8H3,(H,28,29). The minimum Gasteiger partial charge on any atom is -0.507 e. The number of hydrogen-bond donors (Lipinski definition) is 3. The van der Waals surface area contributed by atoms with Gasteiger partial charge in [-0.25, -0.2) is 4.79 Å². The van der Waals surface area contributed by atoms with E-state index in [0.29, 0.717) is 23.2 Å². The number of phenolic OH excluding ortho intramolecular Hbond substituents is 1. The Hall–Kier alpha value is -2.59. The van der Waals surface area contributed by atoms with Crippen LogP contribution in [0.25, 0.3) is 16.7 Å². The van der Waals surface area contributed by atoms with Crippen LogP contribution in [-0.2, 0) is 22.2 Å². The molecule has 0 atom stereocenters. The number of phenols is 1. The summed E-state index contributed by atoms with van der Waals surface area (Å²) in [5.41, 5.74) is 10.7. The molecule has 0 amide bonds. The number of carboxylic acid groups (broad SMARTS) is 1. The molecule has 0 aromatic heterocycles. The Bertz CT molecular complexity index is 973. The molecular formula is C25H33NO3. The van der Waals surface area contributed by atoms with E-state index in [1.807, 2.05) is 72.7 Å². The highest BCUT2D eigenvalue weighted by Gasteiger charge is 2.28. The molecule has 2 aromatic rings. The zero-order valence-corrected chi connectivity index (χ0v) is 18.6. The summed E-state index contributed by atoms with van der Waals surface area (Å²) >= 11 is 0. The third kappa shape index (κ3) is 4.54. The molecule has 0 bridgehead atoms. The van der Waals surface area contributed by atoms with Crippen LogP contribution in [-0.4, -0.2) is 16.2 Å². The smallest absolute Gasteiger partial charge is 0.335 e. The number of carbonyl (C=O) groups is 1. The summed E-state index contributed by atoms with van der Waals surface area (Å²) in [5.74, 6) is -0.919. The van der Waals surface area contributed by atoms with Gasteiger partial charge in [0.15, 0.2) is 0 Å². The van der Waals surface area contributed by atoms with Crippen LogP contribution in [0.3, 0.4) is 0 Å². The van der Waals surface area contributed by atoms with Gasteiger partial charge in [-0.05, 0) is 52.1 Å². The van der Waals surface area contributed by atoms with Crippen molar-refractivity contribution in [1.82, 2.24) is 0 Å². The van der Waals surface area contributed by atoms with E-state index >= 15 is 0 Å². The van der Waals surface area contributed by atoms with E-state index in [2.05, 4.69) is 6.58 Å². The van der Waals surface area contributed by atoms with E-state index in [9.17, 15) is 15.0 Å². The molecule has 0 saturated carbocycles. The van der Waals surface area contributed by atoms with Crippen LogP contribution >= 0.6 is 0 Å². The first-order valence-electron chi connectivity index (χ1n) is 9.83. The van der Waals surface area contributed by atoms with Crippen molar-refractivity contribution >= 4 is 11.5 Å². The van der Waals surface area contributed by atoms with E-state index in [-0.39, 0.29) is 22.2 Å². The van der Waals surface area contributed by atoms with Crippen LogP contribution in [0.1, 0.15) is 69.4 Å². The minimum absolute atomic E-state index is 0.00621. The van der Waals surface area contributed by atoms with Crippen molar-refractivity contribution < 1.29 is 15.0 Å². The average Bonchev–Trinajstić information content (AvgIpc) is 2.59. The number of aliphatic carboxylic acids is 1. The number of aromatic hydroxyl groups is 1. The first kappa shape index (κ1) is 22.7. The van der Waals surface area contributed by atoms with Crippen LogP contribution in [0, 0.1) is 6.92 Å². The SMILES string of the molecule is C=C(C(=O)O)c1c(-c2cc(C)cc(C(C)(C)C)c2O)cc(CN)cc1C(C)(C)C. The van der Waals surface area contributed by atoms with Crippen LogP contribution in [0.15, 0.2) is 30.8 Å².